The molecule has 0 radical (unpaired) electrons. The molecule has 124 valence electrons. The van der Waals surface area contributed by atoms with E-state index in [4.69, 9.17) is 0 Å². The second kappa shape index (κ2) is 6.23. The molecule has 1 aromatic carbocycles. The van der Waals surface area contributed by atoms with Crippen molar-refractivity contribution in [3.63, 3.8) is 0 Å². The van der Waals surface area contributed by atoms with E-state index in [0.717, 1.165) is 31.4 Å². The predicted molar refractivity (Wildman–Crippen MR) is 89.3 cm³/mol. The van der Waals surface area contributed by atoms with Crippen LogP contribution in [-0.4, -0.2) is 38.7 Å². The first kappa shape index (κ1) is 15.1. The maximum atomic E-state index is 12.6. The van der Waals surface area contributed by atoms with E-state index in [0.29, 0.717) is 12.5 Å². The smallest absolute Gasteiger partial charge is 0.290 e. The Bertz CT molecular complexity index is 722. The highest BCUT2D eigenvalue weighted by atomic mass is 16.2. The number of ketones is 1. The number of aromatic nitrogens is 2. The largest absolute Gasteiger partial charge is 0.337 e. The molecule has 1 saturated heterocycles. The van der Waals surface area contributed by atoms with E-state index in [1.807, 2.05) is 46.0 Å². The lowest BCUT2D eigenvalue weighted by molar-refractivity contribution is -0.140. The molecule has 1 aromatic heterocycles. The number of nitrogens with zero attached hydrogens (tertiary/aromatic N) is 3. The van der Waals surface area contributed by atoms with Crippen molar-refractivity contribution >= 4 is 11.7 Å². The molecule has 5 nitrogen and oxygen atoms in total. The highest BCUT2D eigenvalue weighted by molar-refractivity contribution is 6.40. The second-order valence-corrected chi connectivity index (χ2v) is 6.73. The summed E-state index contributed by atoms with van der Waals surface area (Å²) < 4.78 is 2.00. The van der Waals surface area contributed by atoms with Gasteiger partial charge in [-0.1, -0.05) is 30.3 Å². The van der Waals surface area contributed by atoms with E-state index in [2.05, 4.69) is 4.98 Å². The summed E-state index contributed by atoms with van der Waals surface area (Å²) in [6.45, 7) is 1.44. The van der Waals surface area contributed by atoms with Gasteiger partial charge in [-0.25, -0.2) is 4.98 Å². The Balaban J connectivity index is 1.52. The van der Waals surface area contributed by atoms with Crippen LogP contribution >= 0.6 is 0 Å². The summed E-state index contributed by atoms with van der Waals surface area (Å²) in [4.78, 5) is 31.1. The molecule has 24 heavy (non-hydrogen) atoms. The molecule has 2 atom stereocenters. The average Bonchev–Trinajstić information content (AvgIpc) is 3.25. The number of rotatable bonds is 6. The number of hydrogen-bond acceptors (Lipinski definition) is 3. The minimum absolute atomic E-state index is 0.0372. The summed E-state index contributed by atoms with van der Waals surface area (Å²) in [6.07, 6.45) is 8.52. The fourth-order valence-electron chi connectivity index (χ4n) is 3.81. The molecule has 2 fully saturated rings. The number of Topliss-reactive ketones (excluding diaryl/α,β-unsaturated/α-hetero) is 1. The van der Waals surface area contributed by atoms with E-state index in [1.54, 1.807) is 12.5 Å². The Hall–Kier alpha value is -2.43. The third-order valence-corrected chi connectivity index (χ3v) is 5.09. The monoisotopic (exact) mass is 323 g/mol. The summed E-state index contributed by atoms with van der Waals surface area (Å²) in [5, 5.41) is 0. The Labute approximate surface area is 141 Å². The molecule has 0 spiro atoms. The molecule has 0 bridgehead atoms. The minimum Gasteiger partial charge on any atom is -0.337 e. The fraction of sp³-hybridized carbons (Fsp3) is 0.421. The van der Waals surface area contributed by atoms with Gasteiger partial charge in [-0.3, -0.25) is 9.59 Å². The molecule has 5 heteroatoms. The molecule has 1 saturated carbocycles. The zero-order valence-corrected chi connectivity index (χ0v) is 13.5. The van der Waals surface area contributed by atoms with Gasteiger partial charge in [0.15, 0.2) is 0 Å². The van der Waals surface area contributed by atoms with Crippen LogP contribution in [0.1, 0.15) is 30.7 Å². The molecule has 2 aromatic rings. The standard InChI is InChI=1S/C19H21N3O2/c23-18-16(14-5-2-1-3-6-14)17(15-7-8-15)22(19(18)24)11-4-10-21-12-9-20-13-21/h1-3,5-6,9,12-13,15-17H,4,7-8,10-11H2. The van der Waals surface area contributed by atoms with Gasteiger partial charge in [0.1, 0.15) is 0 Å². The van der Waals surface area contributed by atoms with Gasteiger partial charge in [-0.05, 0) is 30.7 Å². The highest BCUT2D eigenvalue weighted by Crippen LogP contribution is 2.45. The van der Waals surface area contributed by atoms with Crippen LogP contribution in [0.5, 0.6) is 0 Å². The van der Waals surface area contributed by atoms with Crippen LogP contribution in [0.4, 0.5) is 0 Å². The third kappa shape index (κ3) is 2.75. The molecule has 1 amide bonds. The van der Waals surface area contributed by atoms with Gasteiger partial charge in [0, 0.05) is 31.5 Å². The maximum Gasteiger partial charge on any atom is 0.290 e. The molecule has 2 unspecified atom stereocenters. The predicted octanol–water partition coefficient (Wildman–Crippen LogP) is 2.25. The molecular formula is C19H21N3O2. The lowest BCUT2D eigenvalue weighted by atomic mass is 9.88. The molecule has 2 heterocycles. The topological polar surface area (TPSA) is 55.2 Å². The van der Waals surface area contributed by atoms with Crippen molar-refractivity contribution in [3.05, 3.63) is 54.6 Å². The van der Waals surface area contributed by atoms with Crippen molar-refractivity contribution in [2.24, 2.45) is 5.92 Å². The van der Waals surface area contributed by atoms with Gasteiger partial charge in [0.25, 0.3) is 5.91 Å². The first-order valence-electron chi connectivity index (χ1n) is 8.61. The quantitative estimate of drug-likeness (QED) is 0.766. The summed E-state index contributed by atoms with van der Waals surface area (Å²) in [5.74, 6) is -0.356. The number of carbonyl (C=O) groups is 2. The van der Waals surface area contributed by atoms with Gasteiger partial charge in [0.2, 0.25) is 5.78 Å². The van der Waals surface area contributed by atoms with Gasteiger partial charge < -0.3 is 9.47 Å². The van der Waals surface area contributed by atoms with Crippen LogP contribution in [0.3, 0.4) is 0 Å². The van der Waals surface area contributed by atoms with E-state index >= 15 is 0 Å². The molecule has 0 N–H and O–H groups in total. The van der Waals surface area contributed by atoms with Gasteiger partial charge >= 0.3 is 0 Å². The Morgan fingerprint density at radius 2 is 1.88 bits per heavy atom. The normalized spacial score (nSPS) is 23.9. The first-order chi connectivity index (χ1) is 11.8. The van der Waals surface area contributed by atoms with E-state index < -0.39 is 0 Å². The number of carbonyl (C=O) groups excluding carboxylic acids is 2. The second-order valence-electron chi connectivity index (χ2n) is 6.73. The summed E-state index contributed by atoms with van der Waals surface area (Å²) in [7, 11) is 0. The number of hydrogen-bond donors (Lipinski definition) is 0. The first-order valence-corrected chi connectivity index (χ1v) is 8.61. The van der Waals surface area contributed by atoms with Crippen molar-refractivity contribution in [2.45, 2.75) is 37.8 Å². The molecule has 2 aliphatic rings. The van der Waals surface area contributed by atoms with Crippen LogP contribution in [-0.2, 0) is 16.1 Å². The van der Waals surface area contributed by atoms with Crippen LogP contribution < -0.4 is 0 Å². The highest BCUT2D eigenvalue weighted by Gasteiger charge is 2.53. The van der Waals surface area contributed by atoms with E-state index in [-0.39, 0.29) is 23.7 Å². The number of likely N-dealkylation sites (tertiary alicyclic amines) is 1. The zero-order valence-electron chi connectivity index (χ0n) is 13.5. The van der Waals surface area contributed by atoms with E-state index in [9.17, 15) is 9.59 Å². The van der Waals surface area contributed by atoms with Crippen LogP contribution in [0.25, 0.3) is 0 Å². The van der Waals surface area contributed by atoms with Crippen molar-refractivity contribution in [3.8, 4) is 0 Å². The van der Waals surface area contributed by atoms with Gasteiger partial charge in [-0.15, -0.1) is 0 Å². The number of imidazole rings is 1. The number of benzene rings is 1. The number of aryl methyl sites for hydroxylation is 1. The third-order valence-electron chi connectivity index (χ3n) is 5.09. The van der Waals surface area contributed by atoms with Crippen LogP contribution in [0.15, 0.2) is 49.1 Å². The van der Waals surface area contributed by atoms with Gasteiger partial charge in [0.05, 0.1) is 12.2 Å². The Morgan fingerprint density at radius 3 is 2.54 bits per heavy atom. The van der Waals surface area contributed by atoms with Crippen molar-refractivity contribution < 1.29 is 9.59 Å². The Morgan fingerprint density at radius 1 is 1.08 bits per heavy atom. The molecule has 4 rings (SSSR count). The molecular weight excluding hydrogens is 302 g/mol. The lowest BCUT2D eigenvalue weighted by Crippen LogP contribution is -2.37. The Kier molecular flexibility index (Phi) is 3.92. The van der Waals surface area contributed by atoms with Crippen molar-refractivity contribution in [2.75, 3.05) is 6.54 Å². The molecule has 1 aliphatic heterocycles. The van der Waals surface area contributed by atoms with Crippen LogP contribution in [0, 0.1) is 5.92 Å². The summed E-state index contributed by atoms with van der Waals surface area (Å²) in [6, 6.07) is 9.81. The molecule has 1 aliphatic carbocycles. The van der Waals surface area contributed by atoms with Crippen LogP contribution in [0.2, 0.25) is 0 Å². The fourth-order valence-corrected chi connectivity index (χ4v) is 3.81. The van der Waals surface area contributed by atoms with Gasteiger partial charge in [-0.2, -0.15) is 0 Å². The minimum atomic E-state index is -0.300. The lowest BCUT2D eigenvalue weighted by Gasteiger charge is -2.27. The average molecular weight is 323 g/mol. The SMILES string of the molecule is O=C1C(=O)N(CCCn2ccnc2)C(C2CC2)C1c1ccccc1. The van der Waals surface area contributed by atoms with Crippen molar-refractivity contribution in [1.29, 1.82) is 0 Å². The van der Waals surface area contributed by atoms with E-state index in [1.165, 1.54) is 0 Å². The number of amides is 1. The summed E-state index contributed by atoms with van der Waals surface area (Å²) >= 11 is 0. The summed E-state index contributed by atoms with van der Waals surface area (Å²) in [5.41, 5.74) is 0.977. The zero-order chi connectivity index (χ0) is 16.5. The van der Waals surface area contributed by atoms with Crippen molar-refractivity contribution in [1.82, 2.24) is 14.5 Å². The maximum absolute atomic E-state index is 12.6.